The number of nitrogens with one attached hydrogen (secondary N) is 1. The summed E-state index contributed by atoms with van der Waals surface area (Å²) < 4.78 is 24.1. The summed E-state index contributed by atoms with van der Waals surface area (Å²) in [5.74, 6) is 1.33. The number of fused-ring (bicyclic) bond motifs is 2. The van der Waals surface area contributed by atoms with Gasteiger partial charge in [0, 0.05) is 18.3 Å². The second kappa shape index (κ2) is 6.90. The standard InChI is InChI=1S/C20H20FN3O3/c1-26-17-9-14-15(10-18(17)27-2)22-19(23-20(14)25)11-24-7-3-4-12-8-13(21)5-6-16(12)24/h5-6,8-10H,3-4,7,11H2,1-2H3,(H,22,23,25). The molecule has 3 aromatic rings. The van der Waals surface area contributed by atoms with Crippen molar-refractivity contribution in [2.45, 2.75) is 19.4 Å². The number of benzene rings is 2. The van der Waals surface area contributed by atoms with Crippen molar-refractivity contribution in [1.82, 2.24) is 9.97 Å². The highest BCUT2D eigenvalue weighted by Crippen LogP contribution is 2.31. The van der Waals surface area contributed by atoms with E-state index in [9.17, 15) is 9.18 Å². The van der Waals surface area contributed by atoms with Crippen molar-refractivity contribution in [1.29, 1.82) is 0 Å². The molecule has 0 amide bonds. The normalized spacial score (nSPS) is 13.5. The largest absolute Gasteiger partial charge is 0.493 e. The van der Waals surface area contributed by atoms with Crippen molar-refractivity contribution in [2.24, 2.45) is 0 Å². The van der Waals surface area contributed by atoms with Gasteiger partial charge in [0.2, 0.25) is 0 Å². The van der Waals surface area contributed by atoms with Gasteiger partial charge in [0.05, 0.1) is 31.7 Å². The second-order valence-electron chi connectivity index (χ2n) is 6.54. The van der Waals surface area contributed by atoms with E-state index >= 15 is 0 Å². The van der Waals surface area contributed by atoms with Crippen molar-refractivity contribution >= 4 is 16.6 Å². The molecule has 7 heteroatoms. The van der Waals surface area contributed by atoms with Crippen LogP contribution in [0.15, 0.2) is 35.1 Å². The van der Waals surface area contributed by atoms with Crippen LogP contribution in [0.4, 0.5) is 10.1 Å². The molecule has 6 nitrogen and oxygen atoms in total. The summed E-state index contributed by atoms with van der Waals surface area (Å²) in [6, 6.07) is 8.16. The Kier molecular flexibility index (Phi) is 4.43. The Hall–Kier alpha value is -3.09. The first-order valence-electron chi connectivity index (χ1n) is 8.77. The number of H-pyrrole nitrogens is 1. The SMILES string of the molecule is COc1cc2nc(CN3CCCc4cc(F)ccc43)[nH]c(=O)c2cc1OC. The van der Waals surface area contributed by atoms with Crippen LogP contribution >= 0.6 is 0 Å². The third-order valence-corrected chi connectivity index (χ3v) is 4.86. The maximum absolute atomic E-state index is 13.5. The molecule has 1 N–H and O–H groups in total. The van der Waals surface area contributed by atoms with Gasteiger partial charge in [-0.25, -0.2) is 9.37 Å². The van der Waals surface area contributed by atoms with Gasteiger partial charge in [0.1, 0.15) is 11.6 Å². The number of nitrogens with zero attached hydrogens (tertiary/aromatic N) is 2. The fourth-order valence-corrected chi connectivity index (χ4v) is 3.58. The predicted molar refractivity (Wildman–Crippen MR) is 101 cm³/mol. The lowest BCUT2D eigenvalue weighted by Crippen LogP contribution is -2.30. The number of rotatable bonds is 4. The summed E-state index contributed by atoms with van der Waals surface area (Å²) in [7, 11) is 3.07. The fraction of sp³-hybridized carbons (Fsp3) is 0.300. The first kappa shape index (κ1) is 17.3. The zero-order chi connectivity index (χ0) is 19.0. The molecule has 27 heavy (non-hydrogen) atoms. The Bertz CT molecular complexity index is 1060. The summed E-state index contributed by atoms with van der Waals surface area (Å²) in [4.78, 5) is 22.1. The molecule has 0 atom stereocenters. The lowest BCUT2D eigenvalue weighted by molar-refractivity contribution is 0.355. The summed E-state index contributed by atoms with van der Waals surface area (Å²) >= 11 is 0. The number of aromatic amines is 1. The van der Waals surface area contributed by atoms with E-state index in [1.807, 2.05) is 0 Å². The molecule has 0 aliphatic carbocycles. The molecule has 0 unspecified atom stereocenters. The van der Waals surface area contributed by atoms with Crippen molar-refractivity contribution < 1.29 is 13.9 Å². The van der Waals surface area contributed by atoms with Crippen molar-refractivity contribution in [2.75, 3.05) is 25.7 Å². The van der Waals surface area contributed by atoms with Crippen molar-refractivity contribution in [3.8, 4) is 11.5 Å². The van der Waals surface area contributed by atoms with Crippen molar-refractivity contribution in [3.63, 3.8) is 0 Å². The Morgan fingerprint density at radius 2 is 1.96 bits per heavy atom. The quantitative estimate of drug-likeness (QED) is 0.766. The Morgan fingerprint density at radius 1 is 1.19 bits per heavy atom. The number of halogens is 1. The van der Waals surface area contributed by atoms with Crippen LogP contribution in [0.3, 0.4) is 0 Å². The molecule has 0 fully saturated rings. The average Bonchev–Trinajstić information content (AvgIpc) is 2.67. The van der Waals surface area contributed by atoms with Crippen LogP contribution < -0.4 is 19.9 Å². The second-order valence-corrected chi connectivity index (χ2v) is 6.54. The Labute approximate surface area is 155 Å². The van der Waals surface area contributed by atoms with E-state index < -0.39 is 0 Å². The first-order chi connectivity index (χ1) is 13.1. The zero-order valence-electron chi connectivity index (χ0n) is 15.2. The van der Waals surface area contributed by atoms with Gasteiger partial charge < -0.3 is 19.4 Å². The maximum atomic E-state index is 13.5. The molecule has 2 aromatic carbocycles. The molecule has 1 aromatic heterocycles. The number of hydrogen-bond acceptors (Lipinski definition) is 5. The van der Waals surface area contributed by atoms with E-state index in [-0.39, 0.29) is 11.4 Å². The van der Waals surface area contributed by atoms with Gasteiger partial charge in [-0.1, -0.05) is 0 Å². The van der Waals surface area contributed by atoms with Gasteiger partial charge >= 0.3 is 0 Å². The van der Waals surface area contributed by atoms with E-state index in [1.54, 1.807) is 31.4 Å². The molecule has 4 rings (SSSR count). The van der Waals surface area contributed by atoms with Crippen LogP contribution in [0.5, 0.6) is 11.5 Å². The summed E-state index contributed by atoms with van der Waals surface area (Å²) in [6.45, 7) is 1.27. The third-order valence-electron chi connectivity index (χ3n) is 4.86. The topological polar surface area (TPSA) is 67.5 Å². The zero-order valence-corrected chi connectivity index (χ0v) is 15.2. The number of anilines is 1. The number of aryl methyl sites for hydroxylation is 1. The predicted octanol–water partition coefficient (Wildman–Crippen LogP) is 3.03. The van der Waals surface area contributed by atoms with Gasteiger partial charge in [-0.2, -0.15) is 0 Å². The number of ether oxygens (including phenoxy) is 2. The van der Waals surface area contributed by atoms with Crippen LogP contribution in [0.25, 0.3) is 10.9 Å². The van der Waals surface area contributed by atoms with E-state index in [0.717, 1.165) is 30.6 Å². The minimum Gasteiger partial charge on any atom is -0.493 e. The summed E-state index contributed by atoms with van der Waals surface area (Å²) in [5.41, 5.74) is 2.28. The molecule has 1 aliphatic rings. The highest BCUT2D eigenvalue weighted by molar-refractivity contribution is 5.81. The molecule has 1 aliphatic heterocycles. The molecular weight excluding hydrogens is 349 g/mol. The molecule has 140 valence electrons. The number of aromatic nitrogens is 2. The van der Waals surface area contributed by atoms with Crippen molar-refractivity contribution in [3.05, 3.63) is 57.9 Å². The maximum Gasteiger partial charge on any atom is 0.258 e. The van der Waals surface area contributed by atoms with Crippen LogP contribution in [-0.2, 0) is 13.0 Å². The molecular formula is C20H20FN3O3. The highest BCUT2D eigenvalue weighted by Gasteiger charge is 2.19. The minimum atomic E-state index is -0.229. The molecule has 0 bridgehead atoms. The third kappa shape index (κ3) is 3.20. The van der Waals surface area contributed by atoms with Gasteiger partial charge in [-0.15, -0.1) is 0 Å². The number of methoxy groups -OCH3 is 2. The lowest BCUT2D eigenvalue weighted by Gasteiger charge is -2.30. The van der Waals surface area contributed by atoms with Gasteiger partial charge in [0.25, 0.3) is 5.56 Å². The van der Waals surface area contributed by atoms with Gasteiger partial charge in [-0.3, -0.25) is 4.79 Å². The van der Waals surface area contributed by atoms with E-state index in [2.05, 4.69) is 14.9 Å². The smallest absolute Gasteiger partial charge is 0.258 e. The van der Waals surface area contributed by atoms with E-state index in [4.69, 9.17) is 9.47 Å². The van der Waals surface area contributed by atoms with E-state index in [1.165, 1.54) is 13.2 Å². The fourth-order valence-electron chi connectivity index (χ4n) is 3.58. The summed E-state index contributed by atoms with van der Waals surface area (Å²) in [5, 5.41) is 0.442. The van der Waals surface area contributed by atoms with Crippen LogP contribution in [0.2, 0.25) is 0 Å². The molecule has 0 saturated carbocycles. The number of hydrogen-bond donors (Lipinski definition) is 1. The average molecular weight is 369 g/mol. The van der Waals surface area contributed by atoms with Gasteiger partial charge in [0.15, 0.2) is 11.5 Å². The van der Waals surface area contributed by atoms with Gasteiger partial charge in [-0.05, 0) is 42.7 Å². The Morgan fingerprint density at radius 3 is 2.74 bits per heavy atom. The molecule has 0 spiro atoms. The monoisotopic (exact) mass is 369 g/mol. The lowest BCUT2D eigenvalue weighted by atomic mass is 10.0. The van der Waals surface area contributed by atoms with Crippen LogP contribution in [-0.4, -0.2) is 30.7 Å². The van der Waals surface area contributed by atoms with E-state index in [0.29, 0.717) is 34.8 Å². The minimum absolute atomic E-state index is 0.228. The first-order valence-corrected chi connectivity index (χ1v) is 8.77. The summed E-state index contributed by atoms with van der Waals surface area (Å²) in [6.07, 6.45) is 1.78. The van der Waals surface area contributed by atoms with Crippen LogP contribution in [0, 0.1) is 5.82 Å². The molecule has 0 radical (unpaired) electrons. The highest BCUT2D eigenvalue weighted by atomic mass is 19.1. The molecule has 0 saturated heterocycles. The van der Waals surface area contributed by atoms with Crippen LogP contribution in [0.1, 0.15) is 17.8 Å². The molecule has 2 heterocycles. The Balaban J connectivity index is 1.72.